The molecule has 0 unspecified atom stereocenters. The van der Waals surface area contributed by atoms with Gasteiger partial charge in [-0.1, -0.05) is 109 Å². The molecular weight excluding hydrogens is 657 g/mol. The van der Waals surface area contributed by atoms with Crippen LogP contribution in [0.15, 0.2) is 192 Å². The molecule has 0 N–H and O–H groups in total. The summed E-state index contributed by atoms with van der Waals surface area (Å²) in [6.45, 7) is 0. The lowest BCUT2D eigenvalue weighted by Crippen LogP contribution is -1.85. The fraction of sp³-hybridized carbons (Fsp3) is 0. The van der Waals surface area contributed by atoms with E-state index in [1.54, 1.807) is 0 Å². The lowest BCUT2D eigenvalue weighted by Gasteiger charge is -2.13. The van der Waals surface area contributed by atoms with Gasteiger partial charge in [-0.2, -0.15) is 0 Å². The minimum atomic E-state index is 1.27. The molecular formula is C52H30S. The Morgan fingerprint density at radius 3 is 0.868 bits per heavy atom. The maximum atomic E-state index is 2.44. The van der Waals surface area contributed by atoms with Crippen molar-refractivity contribution in [2.45, 2.75) is 9.79 Å². The van der Waals surface area contributed by atoms with E-state index < -0.39 is 0 Å². The van der Waals surface area contributed by atoms with Crippen molar-refractivity contribution in [1.29, 1.82) is 0 Å². The van der Waals surface area contributed by atoms with Crippen LogP contribution in [-0.4, -0.2) is 0 Å². The molecule has 0 atom stereocenters. The van der Waals surface area contributed by atoms with Gasteiger partial charge in [0.25, 0.3) is 0 Å². The molecule has 12 aromatic rings. The Bertz CT molecular complexity index is 3300. The summed E-state index contributed by atoms with van der Waals surface area (Å²) >= 11 is 1.88. The zero-order valence-electron chi connectivity index (χ0n) is 28.7. The van der Waals surface area contributed by atoms with E-state index in [-0.39, 0.29) is 0 Å². The van der Waals surface area contributed by atoms with E-state index in [1.165, 1.54) is 118 Å². The predicted octanol–water partition coefficient (Wildman–Crippen LogP) is 15.4. The van der Waals surface area contributed by atoms with Gasteiger partial charge in [0, 0.05) is 9.79 Å². The van der Waals surface area contributed by atoms with E-state index in [2.05, 4.69) is 182 Å². The van der Waals surface area contributed by atoms with Gasteiger partial charge in [0.05, 0.1) is 0 Å². The normalized spacial score (nSPS) is 12.2. The van der Waals surface area contributed by atoms with Crippen LogP contribution in [0.25, 0.3) is 108 Å². The lowest BCUT2D eigenvalue weighted by atomic mass is 9.95. The van der Waals surface area contributed by atoms with Crippen LogP contribution < -0.4 is 0 Å². The van der Waals surface area contributed by atoms with Crippen LogP contribution in [0.2, 0.25) is 0 Å². The molecule has 0 nitrogen and oxygen atoms in total. The van der Waals surface area contributed by atoms with Crippen molar-refractivity contribution in [3.05, 3.63) is 182 Å². The molecule has 0 saturated carbocycles. The van der Waals surface area contributed by atoms with Crippen LogP contribution in [-0.2, 0) is 0 Å². The van der Waals surface area contributed by atoms with Crippen molar-refractivity contribution in [3.8, 4) is 0 Å². The number of rotatable bonds is 2. The standard InChI is InChI=1S/C52H30S/c1-3-9-33-21-43-27-45-39(25-41(43)19-31(33)7-1)17-15-37-23-35-11-5-13-51(49(35)29-47(37)45)53-52-14-6-12-36-24-38-16-18-40-26-42-20-32-8-2-4-10-34(32)22-44(42)28-46(40)48(38)30-50(36)52/h1-30H. The zero-order valence-corrected chi connectivity index (χ0v) is 29.5. The first kappa shape index (κ1) is 29.2. The summed E-state index contributed by atoms with van der Waals surface area (Å²) in [5, 5.41) is 25.7. The summed E-state index contributed by atoms with van der Waals surface area (Å²) in [5.74, 6) is 0. The van der Waals surface area contributed by atoms with Crippen molar-refractivity contribution >= 4 is 119 Å². The number of hydrogen-bond acceptors (Lipinski definition) is 1. The minimum absolute atomic E-state index is 1.27. The van der Waals surface area contributed by atoms with Crippen molar-refractivity contribution in [1.82, 2.24) is 0 Å². The van der Waals surface area contributed by atoms with Crippen molar-refractivity contribution in [2.24, 2.45) is 0 Å². The van der Waals surface area contributed by atoms with Gasteiger partial charge >= 0.3 is 0 Å². The summed E-state index contributed by atoms with van der Waals surface area (Å²) < 4.78 is 0. The Labute approximate surface area is 309 Å². The highest BCUT2D eigenvalue weighted by Crippen LogP contribution is 2.42. The van der Waals surface area contributed by atoms with Gasteiger partial charge < -0.3 is 0 Å². The van der Waals surface area contributed by atoms with Crippen LogP contribution in [0.4, 0.5) is 0 Å². The number of fused-ring (bicyclic) bond motifs is 12. The van der Waals surface area contributed by atoms with Gasteiger partial charge in [-0.05, 0) is 193 Å². The van der Waals surface area contributed by atoms with Gasteiger partial charge in [0.2, 0.25) is 0 Å². The molecule has 12 rings (SSSR count). The van der Waals surface area contributed by atoms with Crippen LogP contribution in [0.1, 0.15) is 0 Å². The lowest BCUT2D eigenvalue weighted by molar-refractivity contribution is 1.50. The maximum absolute atomic E-state index is 2.44. The van der Waals surface area contributed by atoms with Crippen LogP contribution in [0.3, 0.4) is 0 Å². The molecule has 0 amide bonds. The summed E-state index contributed by atoms with van der Waals surface area (Å²) in [7, 11) is 0. The second-order valence-electron chi connectivity index (χ2n) is 14.6. The fourth-order valence-corrected chi connectivity index (χ4v) is 9.89. The highest BCUT2D eigenvalue weighted by atomic mass is 32.2. The summed E-state index contributed by atoms with van der Waals surface area (Å²) in [6, 6.07) is 68.4. The third-order valence-corrected chi connectivity index (χ3v) is 12.6. The molecule has 0 bridgehead atoms. The van der Waals surface area contributed by atoms with Crippen molar-refractivity contribution in [2.75, 3.05) is 0 Å². The van der Waals surface area contributed by atoms with Crippen LogP contribution >= 0.6 is 11.8 Å². The molecule has 0 aliphatic heterocycles. The second-order valence-corrected chi connectivity index (χ2v) is 15.7. The van der Waals surface area contributed by atoms with Gasteiger partial charge in [-0.15, -0.1) is 0 Å². The van der Waals surface area contributed by atoms with Crippen LogP contribution in [0, 0.1) is 0 Å². The predicted molar refractivity (Wildman–Crippen MR) is 232 cm³/mol. The highest BCUT2D eigenvalue weighted by Gasteiger charge is 2.13. The largest absolute Gasteiger partial charge is 0.0888 e. The first-order valence-electron chi connectivity index (χ1n) is 18.3. The van der Waals surface area contributed by atoms with Gasteiger partial charge in [-0.3, -0.25) is 0 Å². The summed E-state index contributed by atoms with van der Waals surface area (Å²) in [5.41, 5.74) is 0. The molecule has 0 heterocycles. The number of benzene rings is 12. The molecule has 0 aromatic heterocycles. The Balaban J connectivity index is 1.03. The van der Waals surface area contributed by atoms with Gasteiger partial charge in [-0.25, -0.2) is 0 Å². The molecule has 0 spiro atoms. The Hall–Kier alpha value is -6.41. The molecule has 1 heteroatoms. The van der Waals surface area contributed by atoms with Crippen LogP contribution in [0.5, 0.6) is 0 Å². The van der Waals surface area contributed by atoms with E-state index >= 15 is 0 Å². The first-order valence-corrected chi connectivity index (χ1v) is 19.1. The Morgan fingerprint density at radius 1 is 0.189 bits per heavy atom. The SMILES string of the molecule is c1ccc2cc3cc4c(ccc5cc6cccc(Sc7cccc8cc9ccc%10cc%11cc%12ccccc%12cc%11cc%10c9cc78)c6cc54)cc3cc2c1. The summed E-state index contributed by atoms with van der Waals surface area (Å²) in [4.78, 5) is 2.55. The molecule has 12 aromatic carbocycles. The van der Waals surface area contributed by atoms with Gasteiger partial charge in [0.1, 0.15) is 0 Å². The Kier molecular flexibility index (Phi) is 6.08. The molecule has 0 radical (unpaired) electrons. The third-order valence-electron chi connectivity index (χ3n) is 11.5. The Morgan fingerprint density at radius 2 is 0.472 bits per heavy atom. The third kappa shape index (κ3) is 4.58. The molecule has 0 fully saturated rings. The topological polar surface area (TPSA) is 0 Å². The van der Waals surface area contributed by atoms with Gasteiger partial charge in [0.15, 0.2) is 0 Å². The molecule has 244 valence electrons. The molecule has 0 aliphatic carbocycles. The maximum Gasteiger partial charge on any atom is 0.0201 e. The van der Waals surface area contributed by atoms with E-state index in [9.17, 15) is 0 Å². The average molecular weight is 687 g/mol. The minimum Gasteiger partial charge on any atom is -0.0888 e. The number of hydrogen-bond donors (Lipinski definition) is 0. The van der Waals surface area contributed by atoms with Crippen molar-refractivity contribution in [3.63, 3.8) is 0 Å². The molecule has 0 aliphatic rings. The fourth-order valence-electron chi connectivity index (χ4n) is 8.79. The highest BCUT2D eigenvalue weighted by molar-refractivity contribution is 7.99. The monoisotopic (exact) mass is 686 g/mol. The summed E-state index contributed by atoms with van der Waals surface area (Å²) in [6.07, 6.45) is 0. The zero-order chi connectivity index (χ0) is 34.6. The molecule has 53 heavy (non-hydrogen) atoms. The average Bonchev–Trinajstić information content (AvgIpc) is 3.19. The molecule has 0 saturated heterocycles. The van der Waals surface area contributed by atoms with E-state index in [4.69, 9.17) is 0 Å². The van der Waals surface area contributed by atoms with E-state index in [0.717, 1.165) is 0 Å². The van der Waals surface area contributed by atoms with E-state index in [0.29, 0.717) is 0 Å². The second kappa shape index (κ2) is 11.0. The quantitative estimate of drug-likeness (QED) is 0.129. The smallest absolute Gasteiger partial charge is 0.0201 e. The first-order chi connectivity index (χ1) is 26.2. The van der Waals surface area contributed by atoms with Crippen molar-refractivity contribution < 1.29 is 0 Å². The van der Waals surface area contributed by atoms with E-state index in [1.807, 2.05) is 11.8 Å².